The lowest BCUT2D eigenvalue weighted by Gasteiger charge is -2.54. The van der Waals surface area contributed by atoms with Crippen molar-refractivity contribution in [2.45, 2.75) is 11.3 Å². The number of anilines is 1. The molecule has 0 radical (unpaired) electrons. The smallest absolute Gasteiger partial charge is 0.239 e. The summed E-state index contributed by atoms with van der Waals surface area (Å²) in [7, 11) is 0. The van der Waals surface area contributed by atoms with Crippen LogP contribution in [0.25, 0.3) is 0 Å². The molecule has 4 aliphatic rings. The Balaban J connectivity index is 1.69. The number of carboxylic acid groups (broad SMARTS) is 1. The molecular formula is C25H15FNO4-. The van der Waals surface area contributed by atoms with Gasteiger partial charge in [-0.1, -0.05) is 60.7 Å². The number of aliphatic carboxylic acids is 1. The number of carboxylic acids is 1. The van der Waals surface area contributed by atoms with Gasteiger partial charge < -0.3 is 9.90 Å². The Kier molecular flexibility index (Phi) is 3.41. The zero-order valence-corrected chi connectivity index (χ0v) is 16.1. The minimum Gasteiger partial charge on any atom is -0.549 e. The van der Waals surface area contributed by atoms with Crippen LogP contribution in [0.2, 0.25) is 0 Å². The largest absolute Gasteiger partial charge is 0.549 e. The second-order valence-corrected chi connectivity index (χ2v) is 8.21. The molecule has 3 aliphatic carbocycles. The number of carbonyl (C=O) groups excluding carboxylic acids is 3. The van der Waals surface area contributed by atoms with Crippen molar-refractivity contribution in [3.05, 3.63) is 101 Å². The minimum atomic E-state index is -1.82. The molecule has 1 heterocycles. The Morgan fingerprint density at radius 3 is 1.97 bits per heavy atom. The van der Waals surface area contributed by atoms with E-state index >= 15 is 0 Å². The van der Waals surface area contributed by atoms with Gasteiger partial charge in [-0.05, 0) is 34.4 Å². The monoisotopic (exact) mass is 412 g/mol. The maximum absolute atomic E-state index is 14.6. The predicted molar refractivity (Wildman–Crippen MR) is 106 cm³/mol. The van der Waals surface area contributed by atoms with Crippen LogP contribution in [0.5, 0.6) is 0 Å². The quantitative estimate of drug-likeness (QED) is 0.604. The van der Waals surface area contributed by atoms with Gasteiger partial charge in [-0.3, -0.25) is 9.59 Å². The number of halogens is 1. The Morgan fingerprint density at radius 1 is 0.839 bits per heavy atom. The summed E-state index contributed by atoms with van der Waals surface area (Å²) < 4.78 is 14.6. The van der Waals surface area contributed by atoms with E-state index in [9.17, 15) is 23.9 Å². The average Bonchev–Trinajstić information content (AvgIpc) is 3.05. The molecule has 6 heteroatoms. The van der Waals surface area contributed by atoms with Crippen molar-refractivity contribution < 1.29 is 23.9 Å². The maximum atomic E-state index is 14.6. The highest BCUT2D eigenvalue weighted by Gasteiger charge is 2.69. The lowest BCUT2D eigenvalue weighted by Crippen LogP contribution is -2.61. The molecule has 2 atom stereocenters. The van der Waals surface area contributed by atoms with Gasteiger partial charge in [0.1, 0.15) is 5.82 Å². The number of benzene rings is 3. The van der Waals surface area contributed by atoms with E-state index in [1.807, 2.05) is 0 Å². The van der Waals surface area contributed by atoms with E-state index in [0.717, 1.165) is 4.90 Å². The zero-order valence-electron chi connectivity index (χ0n) is 16.1. The van der Waals surface area contributed by atoms with E-state index in [-0.39, 0.29) is 5.69 Å². The van der Waals surface area contributed by atoms with Crippen LogP contribution in [0.15, 0.2) is 72.8 Å². The highest BCUT2D eigenvalue weighted by molar-refractivity contribution is 6.25. The lowest BCUT2D eigenvalue weighted by atomic mass is 9.47. The predicted octanol–water partition coefficient (Wildman–Crippen LogP) is 2.13. The van der Waals surface area contributed by atoms with Crippen LogP contribution >= 0.6 is 0 Å². The van der Waals surface area contributed by atoms with Crippen LogP contribution in [0.4, 0.5) is 10.1 Å². The number of para-hydroxylation sites is 1. The molecule has 152 valence electrons. The fourth-order valence-corrected chi connectivity index (χ4v) is 5.99. The van der Waals surface area contributed by atoms with Crippen molar-refractivity contribution in [3.8, 4) is 0 Å². The minimum absolute atomic E-state index is 0.159. The third-order valence-electron chi connectivity index (χ3n) is 7.03. The first-order valence-electron chi connectivity index (χ1n) is 10.0. The molecule has 7 rings (SSSR count). The fourth-order valence-electron chi connectivity index (χ4n) is 5.99. The van der Waals surface area contributed by atoms with Gasteiger partial charge in [-0.2, -0.15) is 0 Å². The molecule has 31 heavy (non-hydrogen) atoms. The first-order chi connectivity index (χ1) is 15.0. The molecule has 2 bridgehead atoms. The number of imide groups is 1. The van der Waals surface area contributed by atoms with E-state index in [0.29, 0.717) is 22.3 Å². The first-order valence-corrected chi connectivity index (χ1v) is 10.0. The van der Waals surface area contributed by atoms with Crippen molar-refractivity contribution >= 4 is 23.5 Å². The van der Waals surface area contributed by atoms with Gasteiger partial charge in [0.15, 0.2) is 0 Å². The summed E-state index contributed by atoms with van der Waals surface area (Å²) >= 11 is 0. The van der Waals surface area contributed by atoms with E-state index in [4.69, 9.17) is 0 Å². The van der Waals surface area contributed by atoms with Gasteiger partial charge in [-0.25, -0.2) is 9.29 Å². The number of hydrogen-bond donors (Lipinski definition) is 0. The summed E-state index contributed by atoms with van der Waals surface area (Å²) in [6.07, 6.45) is 0. The van der Waals surface area contributed by atoms with Crippen LogP contribution < -0.4 is 10.0 Å². The fraction of sp³-hybridized carbons (Fsp3) is 0.160. The van der Waals surface area contributed by atoms with Crippen molar-refractivity contribution in [2.24, 2.45) is 11.8 Å². The molecule has 3 aromatic rings. The summed E-state index contributed by atoms with van der Waals surface area (Å²) in [5, 5.41) is 12.9. The molecule has 1 aliphatic heterocycles. The molecule has 0 unspecified atom stereocenters. The third-order valence-corrected chi connectivity index (χ3v) is 7.03. The van der Waals surface area contributed by atoms with Crippen LogP contribution in [-0.4, -0.2) is 17.8 Å². The Bertz CT molecular complexity index is 1270. The zero-order chi connectivity index (χ0) is 21.5. The van der Waals surface area contributed by atoms with Gasteiger partial charge in [0.05, 0.1) is 28.9 Å². The first kappa shape index (κ1) is 18.0. The molecule has 2 amide bonds. The number of carbonyl (C=O) groups is 3. The van der Waals surface area contributed by atoms with Crippen molar-refractivity contribution in [1.82, 2.24) is 0 Å². The van der Waals surface area contributed by atoms with Gasteiger partial charge in [0.2, 0.25) is 11.8 Å². The Morgan fingerprint density at radius 2 is 1.39 bits per heavy atom. The third kappa shape index (κ3) is 1.93. The second-order valence-electron chi connectivity index (χ2n) is 8.21. The molecule has 1 saturated heterocycles. The number of nitrogens with zero attached hydrogens (tertiary/aromatic N) is 1. The summed E-state index contributed by atoms with van der Waals surface area (Å²) in [6.45, 7) is 0. The van der Waals surface area contributed by atoms with Crippen LogP contribution in [-0.2, 0) is 19.8 Å². The molecule has 1 fully saturated rings. The van der Waals surface area contributed by atoms with E-state index in [1.165, 1.54) is 24.3 Å². The van der Waals surface area contributed by atoms with Crippen LogP contribution in [0.3, 0.4) is 0 Å². The van der Waals surface area contributed by atoms with Gasteiger partial charge in [-0.15, -0.1) is 0 Å². The van der Waals surface area contributed by atoms with E-state index in [1.54, 1.807) is 48.5 Å². The molecule has 0 saturated carbocycles. The van der Waals surface area contributed by atoms with Crippen LogP contribution in [0, 0.1) is 17.7 Å². The molecule has 5 nitrogen and oxygen atoms in total. The Hall–Kier alpha value is -3.80. The molecule has 0 N–H and O–H groups in total. The number of hydrogen-bond acceptors (Lipinski definition) is 4. The van der Waals surface area contributed by atoms with Crippen molar-refractivity contribution in [2.75, 3.05) is 4.90 Å². The summed E-state index contributed by atoms with van der Waals surface area (Å²) in [4.78, 5) is 41.0. The topological polar surface area (TPSA) is 77.5 Å². The molecule has 0 aromatic heterocycles. The SMILES string of the molecule is O=C1[C@H]2C3c4ccccc4C(C(=O)[O-])(c4ccccc43)[C@H]2C(=O)N1c1ccccc1F. The van der Waals surface area contributed by atoms with Crippen molar-refractivity contribution in [1.29, 1.82) is 0 Å². The lowest BCUT2D eigenvalue weighted by molar-refractivity contribution is -0.314. The van der Waals surface area contributed by atoms with Crippen LogP contribution in [0.1, 0.15) is 28.2 Å². The average molecular weight is 412 g/mol. The molecule has 0 spiro atoms. The van der Waals surface area contributed by atoms with Gasteiger partial charge in [0.25, 0.3) is 0 Å². The standard InChI is InChI=1S/C25H16FNO4/c26-17-11-5-6-12-18(17)27-22(28)20-19-13-7-1-3-9-15(13)25(24(30)31,21(20)23(27)29)16-10-4-2-8-14(16)19/h1-12,19-21H,(H,30,31)/p-1/t19?,20-,21+,25?/m0/s1. The molecular weight excluding hydrogens is 397 g/mol. The second kappa shape index (κ2) is 5.88. The number of rotatable bonds is 2. The summed E-state index contributed by atoms with van der Waals surface area (Å²) in [6, 6.07) is 19.5. The normalized spacial score (nSPS) is 27.6. The summed E-state index contributed by atoms with van der Waals surface area (Å²) in [5.41, 5.74) is 0.353. The molecule has 3 aromatic carbocycles. The van der Waals surface area contributed by atoms with Gasteiger partial charge >= 0.3 is 0 Å². The van der Waals surface area contributed by atoms with Gasteiger partial charge in [0, 0.05) is 5.92 Å². The number of amides is 2. The van der Waals surface area contributed by atoms with E-state index in [2.05, 4.69) is 0 Å². The maximum Gasteiger partial charge on any atom is 0.239 e. The van der Waals surface area contributed by atoms with E-state index < -0.39 is 46.8 Å². The van der Waals surface area contributed by atoms with Crippen molar-refractivity contribution in [3.63, 3.8) is 0 Å². The Labute approximate surface area is 176 Å². The highest BCUT2D eigenvalue weighted by Crippen LogP contribution is 2.64. The highest BCUT2D eigenvalue weighted by atomic mass is 19.1. The summed E-state index contributed by atoms with van der Waals surface area (Å²) in [5.74, 6) is -6.09.